The third kappa shape index (κ3) is 2.30. The Morgan fingerprint density at radius 1 is 1.44 bits per heavy atom. The summed E-state index contributed by atoms with van der Waals surface area (Å²) in [6, 6.07) is -0.238. The van der Waals surface area contributed by atoms with Gasteiger partial charge in [-0.25, -0.2) is 9.48 Å². The molecule has 2 N–H and O–H groups in total. The van der Waals surface area contributed by atoms with Crippen LogP contribution in [0, 0.1) is 0 Å². The lowest BCUT2D eigenvalue weighted by molar-refractivity contribution is 0.271. The normalized spacial score (nSPS) is 12.5. The highest BCUT2D eigenvalue weighted by Gasteiger charge is 2.12. The molecule has 1 atom stereocenters. The Hall–Kier alpha value is -1.63. The molecule has 0 fully saturated rings. The van der Waals surface area contributed by atoms with E-state index in [1.165, 1.54) is 14.1 Å². The van der Waals surface area contributed by atoms with Gasteiger partial charge < -0.3 is 10.4 Å². The van der Waals surface area contributed by atoms with E-state index < -0.39 is 11.2 Å². The zero-order chi connectivity index (χ0) is 12.3. The van der Waals surface area contributed by atoms with Crippen molar-refractivity contribution >= 4 is 5.82 Å². The molecular weight excluding hydrogens is 212 g/mol. The van der Waals surface area contributed by atoms with Crippen LogP contribution >= 0.6 is 0 Å². The topological polar surface area (TPSA) is 89.2 Å². The first-order chi connectivity index (χ1) is 7.51. The van der Waals surface area contributed by atoms with Crippen LogP contribution < -0.4 is 16.6 Å². The lowest BCUT2D eigenvalue weighted by Gasteiger charge is -2.14. The summed E-state index contributed by atoms with van der Waals surface area (Å²) >= 11 is 0. The van der Waals surface area contributed by atoms with Crippen molar-refractivity contribution in [2.75, 3.05) is 11.9 Å². The minimum Gasteiger partial charge on any atom is -0.394 e. The van der Waals surface area contributed by atoms with Gasteiger partial charge in [0.2, 0.25) is 5.82 Å². The summed E-state index contributed by atoms with van der Waals surface area (Å²) in [4.78, 5) is 23.0. The minimum absolute atomic E-state index is 0.0745. The van der Waals surface area contributed by atoms with Gasteiger partial charge in [-0.2, -0.15) is 0 Å². The van der Waals surface area contributed by atoms with E-state index in [0.717, 1.165) is 9.25 Å². The highest BCUT2D eigenvalue weighted by atomic mass is 16.3. The van der Waals surface area contributed by atoms with E-state index in [1.807, 2.05) is 6.92 Å². The molecule has 7 heteroatoms. The maximum Gasteiger partial charge on any atom is 0.346 e. The van der Waals surface area contributed by atoms with Gasteiger partial charge in [-0.3, -0.25) is 9.36 Å². The zero-order valence-corrected chi connectivity index (χ0v) is 9.60. The monoisotopic (exact) mass is 228 g/mol. The fourth-order valence-corrected chi connectivity index (χ4v) is 1.26. The zero-order valence-electron chi connectivity index (χ0n) is 9.60. The van der Waals surface area contributed by atoms with Crippen molar-refractivity contribution in [3.8, 4) is 0 Å². The van der Waals surface area contributed by atoms with Crippen molar-refractivity contribution in [2.24, 2.45) is 14.1 Å². The Labute approximate surface area is 92.3 Å². The number of aliphatic hydroxyl groups excluding tert-OH is 1. The van der Waals surface area contributed by atoms with Gasteiger partial charge in [0.05, 0.1) is 12.6 Å². The van der Waals surface area contributed by atoms with Gasteiger partial charge in [-0.15, -0.1) is 5.10 Å². The molecule has 0 amide bonds. The summed E-state index contributed by atoms with van der Waals surface area (Å²) in [6.07, 6.45) is 0.657. The maximum atomic E-state index is 11.7. The predicted molar refractivity (Wildman–Crippen MR) is 59.5 cm³/mol. The molecule has 0 bridgehead atoms. The van der Waals surface area contributed by atoms with Crippen molar-refractivity contribution in [3.63, 3.8) is 0 Å². The van der Waals surface area contributed by atoms with Crippen LogP contribution in [0.25, 0.3) is 0 Å². The second-order valence-corrected chi connectivity index (χ2v) is 3.55. The smallest absolute Gasteiger partial charge is 0.346 e. The molecule has 0 saturated heterocycles. The number of aromatic nitrogens is 3. The average Bonchev–Trinajstić information content (AvgIpc) is 2.29. The minimum atomic E-state index is -0.491. The van der Waals surface area contributed by atoms with Crippen LogP contribution in [0.5, 0.6) is 0 Å². The Bertz CT molecular complexity index is 473. The second kappa shape index (κ2) is 4.93. The van der Waals surface area contributed by atoms with E-state index in [2.05, 4.69) is 10.4 Å². The van der Waals surface area contributed by atoms with Crippen LogP contribution in [0.3, 0.4) is 0 Å². The Balaban J connectivity index is 3.16. The number of nitrogens with one attached hydrogen (secondary N) is 1. The van der Waals surface area contributed by atoms with Gasteiger partial charge in [0.1, 0.15) is 0 Å². The molecule has 7 nitrogen and oxygen atoms in total. The van der Waals surface area contributed by atoms with Crippen LogP contribution in [0.2, 0.25) is 0 Å². The molecule has 0 radical (unpaired) electrons. The molecule has 1 unspecified atom stereocenters. The summed E-state index contributed by atoms with van der Waals surface area (Å²) in [5, 5.41) is 15.6. The summed E-state index contributed by atoms with van der Waals surface area (Å²) in [5.41, 5.74) is -0.970. The molecule has 16 heavy (non-hydrogen) atoms. The molecule has 1 aromatic heterocycles. The van der Waals surface area contributed by atoms with Crippen molar-refractivity contribution in [3.05, 3.63) is 20.8 Å². The van der Waals surface area contributed by atoms with Gasteiger partial charge in [0.15, 0.2) is 0 Å². The van der Waals surface area contributed by atoms with Crippen LogP contribution in [-0.2, 0) is 14.1 Å². The van der Waals surface area contributed by atoms with Crippen LogP contribution in [0.1, 0.15) is 13.3 Å². The number of hydrogen-bond acceptors (Lipinski definition) is 5. The third-order valence-corrected chi connectivity index (χ3v) is 2.38. The first-order valence-corrected chi connectivity index (χ1v) is 5.03. The van der Waals surface area contributed by atoms with Crippen LogP contribution in [0.15, 0.2) is 9.59 Å². The largest absolute Gasteiger partial charge is 0.394 e. The van der Waals surface area contributed by atoms with Crippen molar-refractivity contribution in [1.82, 2.24) is 14.3 Å². The second-order valence-electron chi connectivity index (χ2n) is 3.55. The van der Waals surface area contributed by atoms with E-state index in [4.69, 9.17) is 5.11 Å². The van der Waals surface area contributed by atoms with E-state index in [0.29, 0.717) is 6.42 Å². The first-order valence-electron chi connectivity index (χ1n) is 5.03. The van der Waals surface area contributed by atoms with E-state index in [-0.39, 0.29) is 18.5 Å². The van der Waals surface area contributed by atoms with E-state index in [9.17, 15) is 9.59 Å². The fraction of sp³-hybridized carbons (Fsp3) is 0.667. The van der Waals surface area contributed by atoms with Crippen LogP contribution in [-0.4, -0.2) is 32.1 Å². The van der Waals surface area contributed by atoms with Crippen molar-refractivity contribution < 1.29 is 5.11 Å². The maximum absolute atomic E-state index is 11.7. The predicted octanol–water partition coefficient (Wildman–Crippen LogP) is -1.34. The Morgan fingerprint density at radius 3 is 2.56 bits per heavy atom. The summed E-state index contributed by atoms with van der Waals surface area (Å²) in [6.45, 7) is 1.78. The first kappa shape index (κ1) is 12.4. The molecule has 0 aliphatic rings. The molecular formula is C9H16N4O3. The van der Waals surface area contributed by atoms with Gasteiger partial charge in [0, 0.05) is 14.1 Å². The molecule has 90 valence electrons. The van der Waals surface area contributed by atoms with Crippen molar-refractivity contribution in [1.29, 1.82) is 0 Å². The molecule has 0 aromatic carbocycles. The lowest BCUT2D eigenvalue weighted by atomic mass is 10.2. The lowest BCUT2D eigenvalue weighted by Crippen LogP contribution is -2.41. The molecule has 1 aromatic rings. The molecule has 0 spiro atoms. The van der Waals surface area contributed by atoms with E-state index in [1.54, 1.807) is 0 Å². The number of rotatable bonds is 4. The number of nitrogens with zero attached hydrogens (tertiary/aromatic N) is 3. The van der Waals surface area contributed by atoms with Gasteiger partial charge in [-0.05, 0) is 6.42 Å². The van der Waals surface area contributed by atoms with Gasteiger partial charge in [-0.1, -0.05) is 6.92 Å². The number of aryl methyl sites for hydroxylation is 1. The number of hydrogen-bond donors (Lipinski definition) is 2. The Morgan fingerprint density at radius 2 is 2.06 bits per heavy atom. The third-order valence-electron chi connectivity index (χ3n) is 2.38. The average molecular weight is 228 g/mol. The molecule has 1 heterocycles. The molecule has 0 aliphatic carbocycles. The summed E-state index contributed by atoms with van der Waals surface area (Å²) in [5.74, 6) is 0.0745. The molecule has 0 aliphatic heterocycles. The quantitative estimate of drug-likeness (QED) is 0.666. The van der Waals surface area contributed by atoms with Gasteiger partial charge in [0.25, 0.3) is 5.56 Å². The number of anilines is 1. The highest BCUT2D eigenvalue weighted by molar-refractivity contribution is 5.30. The summed E-state index contributed by atoms with van der Waals surface area (Å²) < 4.78 is 2.05. The SMILES string of the molecule is CCC(CO)Nc1nn(C)c(=O)n(C)c1=O. The van der Waals surface area contributed by atoms with Crippen LogP contribution in [0.4, 0.5) is 5.82 Å². The highest BCUT2D eigenvalue weighted by Crippen LogP contribution is 1.98. The molecule has 1 rings (SSSR count). The fourth-order valence-electron chi connectivity index (χ4n) is 1.26. The standard InChI is InChI=1S/C9H16N4O3/c1-4-6(5-14)10-7-8(15)12(2)9(16)13(3)11-7/h6,14H,4-5H2,1-3H3,(H,10,11). The van der Waals surface area contributed by atoms with E-state index >= 15 is 0 Å². The van der Waals surface area contributed by atoms with Gasteiger partial charge >= 0.3 is 5.69 Å². The molecule has 0 saturated carbocycles. The van der Waals surface area contributed by atoms with Crippen molar-refractivity contribution in [2.45, 2.75) is 19.4 Å². The number of aliphatic hydroxyl groups is 1. The Kier molecular flexibility index (Phi) is 3.83. The summed E-state index contributed by atoms with van der Waals surface area (Å²) in [7, 11) is 2.85.